The molecular weight excluding hydrogens is 444 g/mol. The first-order valence-electron chi connectivity index (χ1n) is 11.5. The molecule has 0 saturated carbocycles. The summed E-state index contributed by atoms with van der Waals surface area (Å²) in [6.07, 6.45) is 0.783. The zero-order valence-electron chi connectivity index (χ0n) is 19.4. The molecule has 5 rings (SSSR count). The average Bonchev–Trinajstić information content (AvgIpc) is 2.87. The minimum absolute atomic E-state index is 0.747. The summed E-state index contributed by atoms with van der Waals surface area (Å²) < 4.78 is 0. The molecule has 4 aromatic rings. The summed E-state index contributed by atoms with van der Waals surface area (Å²) in [5.41, 5.74) is 5.38. The Labute approximate surface area is 205 Å². The number of aromatic nitrogens is 4. The van der Waals surface area contributed by atoms with E-state index in [4.69, 9.17) is 16.6 Å². The van der Waals surface area contributed by atoms with Gasteiger partial charge < -0.3 is 9.80 Å². The van der Waals surface area contributed by atoms with Crippen molar-refractivity contribution >= 4 is 23.2 Å². The van der Waals surface area contributed by atoms with Gasteiger partial charge in [0.1, 0.15) is 11.6 Å². The van der Waals surface area contributed by atoms with Crippen molar-refractivity contribution in [2.45, 2.75) is 20.3 Å². The highest BCUT2D eigenvalue weighted by atomic mass is 35.5. The van der Waals surface area contributed by atoms with E-state index < -0.39 is 0 Å². The van der Waals surface area contributed by atoms with Gasteiger partial charge in [-0.15, -0.1) is 10.2 Å². The van der Waals surface area contributed by atoms with Crippen LogP contribution in [0.3, 0.4) is 0 Å². The fourth-order valence-corrected chi connectivity index (χ4v) is 4.52. The number of halogens is 1. The Bertz CT molecular complexity index is 1250. The maximum absolute atomic E-state index is 6.08. The summed E-state index contributed by atoms with van der Waals surface area (Å²) in [6.45, 7) is 7.49. The van der Waals surface area contributed by atoms with Crippen LogP contribution in [0, 0.1) is 13.8 Å². The van der Waals surface area contributed by atoms with Gasteiger partial charge in [0.2, 0.25) is 0 Å². The molecule has 0 amide bonds. The molecule has 172 valence electrons. The first-order valence-corrected chi connectivity index (χ1v) is 11.9. The van der Waals surface area contributed by atoms with Crippen LogP contribution < -0.4 is 9.80 Å². The molecule has 0 bridgehead atoms. The maximum Gasteiger partial charge on any atom is 0.151 e. The van der Waals surface area contributed by atoms with Gasteiger partial charge in [-0.05, 0) is 43.7 Å². The highest BCUT2D eigenvalue weighted by molar-refractivity contribution is 6.30. The Morgan fingerprint density at radius 3 is 2.15 bits per heavy atom. The standard InChI is InChI=1S/C27H27ClN6/c1-19-24(18-21-8-10-23(28)11-9-21)27(30-20(2)29-19)34-16-14-33(15-17-34)26-13-12-25(31-32-26)22-6-4-3-5-7-22/h3-13H,14-18H2,1-2H3. The molecule has 6 nitrogen and oxygen atoms in total. The van der Waals surface area contributed by atoms with Crippen LogP contribution in [0.25, 0.3) is 11.3 Å². The van der Waals surface area contributed by atoms with E-state index >= 15 is 0 Å². The monoisotopic (exact) mass is 470 g/mol. The minimum Gasteiger partial charge on any atom is -0.353 e. The predicted octanol–water partition coefficient (Wildman–Crippen LogP) is 5.12. The van der Waals surface area contributed by atoms with Crippen LogP contribution in [0.1, 0.15) is 22.6 Å². The zero-order chi connectivity index (χ0) is 23.5. The average molecular weight is 471 g/mol. The van der Waals surface area contributed by atoms with Crippen LogP contribution in [-0.2, 0) is 6.42 Å². The third-order valence-corrected chi connectivity index (χ3v) is 6.47. The van der Waals surface area contributed by atoms with Crippen LogP contribution in [0.15, 0.2) is 66.7 Å². The summed E-state index contributed by atoms with van der Waals surface area (Å²) in [5, 5.41) is 9.71. The number of benzene rings is 2. The number of rotatable bonds is 5. The molecule has 0 spiro atoms. The predicted molar refractivity (Wildman–Crippen MR) is 138 cm³/mol. The van der Waals surface area contributed by atoms with Crippen molar-refractivity contribution in [1.82, 2.24) is 20.2 Å². The van der Waals surface area contributed by atoms with E-state index in [2.05, 4.69) is 62.2 Å². The Morgan fingerprint density at radius 2 is 1.47 bits per heavy atom. The van der Waals surface area contributed by atoms with Crippen LogP contribution in [0.2, 0.25) is 5.02 Å². The fraction of sp³-hybridized carbons (Fsp3) is 0.259. The van der Waals surface area contributed by atoms with E-state index in [0.29, 0.717) is 0 Å². The second-order valence-electron chi connectivity index (χ2n) is 8.58. The first kappa shape index (κ1) is 22.3. The van der Waals surface area contributed by atoms with Gasteiger partial charge in [0.25, 0.3) is 0 Å². The van der Waals surface area contributed by atoms with E-state index in [1.165, 1.54) is 11.1 Å². The molecule has 0 N–H and O–H groups in total. The summed E-state index contributed by atoms with van der Waals surface area (Å²) in [6, 6.07) is 22.3. The lowest BCUT2D eigenvalue weighted by atomic mass is 10.0. The van der Waals surface area contributed by atoms with Gasteiger partial charge in [0.15, 0.2) is 5.82 Å². The van der Waals surface area contributed by atoms with Crippen molar-refractivity contribution in [2.24, 2.45) is 0 Å². The molecule has 0 aliphatic carbocycles. The molecule has 34 heavy (non-hydrogen) atoms. The summed E-state index contributed by atoms with van der Waals surface area (Å²) in [5.74, 6) is 2.75. The topological polar surface area (TPSA) is 58.0 Å². The lowest BCUT2D eigenvalue weighted by Crippen LogP contribution is -2.47. The second-order valence-corrected chi connectivity index (χ2v) is 9.01. The normalized spacial score (nSPS) is 13.9. The van der Waals surface area contributed by atoms with Crippen molar-refractivity contribution in [3.05, 3.63) is 94.4 Å². The van der Waals surface area contributed by atoms with Crippen molar-refractivity contribution in [1.29, 1.82) is 0 Å². The third kappa shape index (κ3) is 4.87. The van der Waals surface area contributed by atoms with Gasteiger partial charge >= 0.3 is 0 Å². The number of hydrogen-bond donors (Lipinski definition) is 0. The number of aryl methyl sites for hydroxylation is 2. The van der Waals surface area contributed by atoms with Gasteiger partial charge in [0.05, 0.1) is 5.69 Å². The summed E-state index contributed by atoms with van der Waals surface area (Å²) in [4.78, 5) is 14.2. The SMILES string of the molecule is Cc1nc(C)c(Cc2ccc(Cl)cc2)c(N2CCN(c3ccc(-c4ccccc4)nn3)CC2)n1. The van der Waals surface area contributed by atoms with Crippen molar-refractivity contribution in [3.63, 3.8) is 0 Å². The van der Waals surface area contributed by atoms with Crippen molar-refractivity contribution in [3.8, 4) is 11.3 Å². The number of piperazine rings is 1. The highest BCUT2D eigenvalue weighted by Crippen LogP contribution is 2.27. The Hall–Kier alpha value is -3.51. The molecule has 1 fully saturated rings. The summed E-state index contributed by atoms with van der Waals surface area (Å²) >= 11 is 6.08. The first-order chi connectivity index (χ1) is 16.6. The largest absolute Gasteiger partial charge is 0.353 e. The van der Waals surface area contributed by atoms with E-state index in [1.54, 1.807) is 0 Å². The Balaban J connectivity index is 1.31. The van der Waals surface area contributed by atoms with Crippen LogP contribution in [-0.4, -0.2) is 46.3 Å². The Kier molecular flexibility index (Phi) is 6.41. The van der Waals surface area contributed by atoms with Gasteiger partial charge in [-0.25, -0.2) is 9.97 Å². The minimum atomic E-state index is 0.747. The van der Waals surface area contributed by atoms with Gasteiger partial charge in [-0.2, -0.15) is 0 Å². The third-order valence-electron chi connectivity index (χ3n) is 6.22. The molecule has 0 atom stereocenters. The molecule has 0 radical (unpaired) electrons. The lowest BCUT2D eigenvalue weighted by Gasteiger charge is -2.37. The second kappa shape index (κ2) is 9.77. The van der Waals surface area contributed by atoms with Gasteiger partial charge in [0, 0.05) is 54.4 Å². The number of hydrogen-bond acceptors (Lipinski definition) is 6. The maximum atomic E-state index is 6.08. The fourth-order valence-electron chi connectivity index (χ4n) is 4.40. The highest BCUT2D eigenvalue weighted by Gasteiger charge is 2.23. The van der Waals surface area contributed by atoms with Crippen LogP contribution in [0.5, 0.6) is 0 Å². The van der Waals surface area contributed by atoms with E-state index in [-0.39, 0.29) is 0 Å². The zero-order valence-corrected chi connectivity index (χ0v) is 20.2. The van der Waals surface area contributed by atoms with Crippen LogP contribution in [0.4, 0.5) is 11.6 Å². The van der Waals surface area contributed by atoms with E-state index in [0.717, 1.165) is 72.0 Å². The number of anilines is 2. The summed E-state index contributed by atoms with van der Waals surface area (Å²) in [7, 11) is 0. The molecule has 1 aliphatic rings. The van der Waals surface area contributed by atoms with Gasteiger partial charge in [-0.3, -0.25) is 0 Å². The van der Waals surface area contributed by atoms with Gasteiger partial charge in [-0.1, -0.05) is 54.1 Å². The molecule has 2 aromatic heterocycles. The molecule has 3 heterocycles. The van der Waals surface area contributed by atoms with Crippen LogP contribution >= 0.6 is 11.6 Å². The molecule has 1 saturated heterocycles. The van der Waals surface area contributed by atoms with E-state index in [1.807, 2.05) is 43.3 Å². The molecule has 2 aromatic carbocycles. The Morgan fingerprint density at radius 1 is 0.765 bits per heavy atom. The molecule has 1 aliphatic heterocycles. The smallest absolute Gasteiger partial charge is 0.151 e. The van der Waals surface area contributed by atoms with E-state index in [9.17, 15) is 0 Å². The number of nitrogens with zero attached hydrogens (tertiary/aromatic N) is 6. The molecule has 7 heteroatoms. The lowest BCUT2D eigenvalue weighted by molar-refractivity contribution is 0.633. The molecular formula is C27H27ClN6. The quantitative estimate of drug-likeness (QED) is 0.403. The molecule has 0 unspecified atom stereocenters. The van der Waals surface area contributed by atoms with Crippen molar-refractivity contribution in [2.75, 3.05) is 36.0 Å². The van der Waals surface area contributed by atoms with Crippen molar-refractivity contribution < 1.29 is 0 Å².